The number of carbonyl (C=O) groups is 1. The van der Waals surface area contributed by atoms with Crippen LogP contribution in [0.4, 0.5) is 0 Å². The summed E-state index contributed by atoms with van der Waals surface area (Å²) in [5.74, 6) is 1.33. The maximum absolute atomic E-state index is 12.4. The highest BCUT2D eigenvalue weighted by Crippen LogP contribution is 2.31. The first-order chi connectivity index (χ1) is 12.6. The Bertz CT molecular complexity index is 772. The highest BCUT2D eigenvalue weighted by atomic mass is 16.6. The summed E-state index contributed by atoms with van der Waals surface area (Å²) in [5.41, 5.74) is 1.98. The second-order valence-electron chi connectivity index (χ2n) is 6.47. The minimum absolute atomic E-state index is 0.0661. The third kappa shape index (κ3) is 4.86. The van der Waals surface area contributed by atoms with Gasteiger partial charge in [-0.2, -0.15) is 0 Å². The van der Waals surface area contributed by atoms with E-state index in [4.69, 9.17) is 9.47 Å². The SMILES string of the molecule is CN(C)C[C@@H](NC(=O)/C=C/c1ccc2c(c1)OCCO2)c1ccccc1. The van der Waals surface area contributed by atoms with Crippen LogP contribution in [0.3, 0.4) is 0 Å². The third-order valence-corrected chi connectivity index (χ3v) is 4.06. The van der Waals surface area contributed by atoms with Crippen molar-refractivity contribution in [2.75, 3.05) is 33.9 Å². The molecule has 2 aromatic carbocycles. The number of rotatable bonds is 6. The lowest BCUT2D eigenvalue weighted by atomic mass is 10.1. The molecule has 1 atom stereocenters. The molecule has 0 aliphatic carbocycles. The Hall–Kier alpha value is -2.79. The van der Waals surface area contributed by atoms with Gasteiger partial charge >= 0.3 is 0 Å². The summed E-state index contributed by atoms with van der Waals surface area (Å²) in [4.78, 5) is 14.5. The van der Waals surface area contributed by atoms with Crippen LogP contribution in [0.1, 0.15) is 17.2 Å². The number of amides is 1. The lowest BCUT2D eigenvalue weighted by Gasteiger charge is -2.22. The van der Waals surface area contributed by atoms with Crippen molar-refractivity contribution >= 4 is 12.0 Å². The number of hydrogen-bond acceptors (Lipinski definition) is 4. The molecule has 2 aromatic rings. The van der Waals surface area contributed by atoms with Crippen LogP contribution >= 0.6 is 0 Å². The van der Waals surface area contributed by atoms with Gasteiger partial charge in [-0.3, -0.25) is 4.79 Å². The zero-order chi connectivity index (χ0) is 18.4. The van der Waals surface area contributed by atoms with Gasteiger partial charge in [0, 0.05) is 12.6 Å². The van der Waals surface area contributed by atoms with Crippen LogP contribution in [0.25, 0.3) is 6.08 Å². The van der Waals surface area contributed by atoms with E-state index in [-0.39, 0.29) is 11.9 Å². The number of nitrogens with one attached hydrogen (secondary N) is 1. The third-order valence-electron chi connectivity index (χ3n) is 4.06. The van der Waals surface area contributed by atoms with Crippen molar-refractivity contribution in [3.8, 4) is 11.5 Å². The van der Waals surface area contributed by atoms with Gasteiger partial charge in [0.15, 0.2) is 11.5 Å². The van der Waals surface area contributed by atoms with Gasteiger partial charge in [0.25, 0.3) is 0 Å². The highest BCUT2D eigenvalue weighted by Gasteiger charge is 2.14. The molecule has 0 unspecified atom stereocenters. The minimum atomic E-state index is -0.129. The maximum Gasteiger partial charge on any atom is 0.244 e. The molecule has 1 N–H and O–H groups in total. The number of fused-ring (bicyclic) bond motifs is 1. The molecule has 1 aliphatic heterocycles. The molecule has 26 heavy (non-hydrogen) atoms. The maximum atomic E-state index is 12.4. The molecule has 1 heterocycles. The smallest absolute Gasteiger partial charge is 0.244 e. The summed E-state index contributed by atoms with van der Waals surface area (Å²) >= 11 is 0. The van der Waals surface area contributed by atoms with Crippen molar-refractivity contribution in [2.45, 2.75) is 6.04 Å². The number of likely N-dealkylation sites (N-methyl/N-ethyl adjacent to an activating group) is 1. The summed E-state index contributed by atoms with van der Waals surface area (Å²) in [6.07, 6.45) is 3.34. The van der Waals surface area contributed by atoms with E-state index in [1.807, 2.05) is 62.6 Å². The molecule has 0 saturated heterocycles. The first-order valence-corrected chi connectivity index (χ1v) is 8.70. The Balaban J connectivity index is 1.67. The van der Waals surface area contributed by atoms with E-state index in [0.29, 0.717) is 19.0 Å². The average Bonchev–Trinajstić information content (AvgIpc) is 2.66. The van der Waals surface area contributed by atoms with E-state index in [2.05, 4.69) is 10.2 Å². The Morgan fingerprint density at radius 2 is 1.85 bits per heavy atom. The van der Waals surface area contributed by atoms with Gasteiger partial charge in [0.1, 0.15) is 13.2 Å². The zero-order valence-corrected chi connectivity index (χ0v) is 15.1. The molecule has 136 valence electrons. The van der Waals surface area contributed by atoms with Gasteiger partial charge in [0.05, 0.1) is 6.04 Å². The molecule has 0 spiro atoms. The fraction of sp³-hybridized carbons (Fsp3) is 0.286. The number of carbonyl (C=O) groups excluding carboxylic acids is 1. The molecule has 5 nitrogen and oxygen atoms in total. The first kappa shape index (κ1) is 18.0. The van der Waals surface area contributed by atoms with Crippen LogP contribution < -0.4 is 14.8 Å². The van der Waals surface area contributed by atoms with Gasteiger partial charge < -0.3 is 19.7 Å². The van der Waals surface area contributed by atoms with Crippen molar-refractivity contribution < 1.29 is 14.3 Å². The van der Waals surface area contributed by atoms with E-state index in [1.165, 1.54) is 0 Å². The van der Waals surface area contributed by atoms with Gasteiger partial charge in [-0.25, -0.2) is 0 Å². The van der Waals surface area contributed by atoms with Gasteiger partial charge in [-0.15, -0.1) is 0 Å². The van der Waals surface area contributed by atoms with Crippen molar-refractivity contribution in [2.24, 2.45) is 0 Å². The van der Waals surface area contributed by atoms with Gasteiger partial charge in [-0.1, -0.05) is 36.4 Å². The number of benzene rings is 2. The topological polar surface area (TPSA) is 50.8 Å². The van der Waals surface area contributed by atoms with Gasteiger partial charge in [0.2, 0.25) is 5.91 Å². The summed E-state index contributed by atoms with van der Waals surface area (Å²) < 4.78 is 11.1. The number of ether oxygens (including phenoxy) is 2. The molecular weight excluding hydrogens is 328 g/mol. The Labute approximate surface area is 154 Å². The summed E-state index contributed by atoms with van der Waals surface area (Å²) in [7, 11) is 3.99. The standard InChI is InChI=1S/C21H24N2O3/c1-23(2)15-18(17-6-4-3-5-7-17)22-21(24)11-9-16-8-10-19-20(14-16)26-13-12-25-19/h3-11,14,18H,12-13,15H2,1-2H3,(H,22,24)/b11-9+/t18-/m1/s1. The minimum Gasteiger partial charge on any atom is -0.486 e. The highest BCUT2D eigenvalue weighted by molar-refractivity contribution is 5.92. The van der Waals surface area contributed by atoms with E-state index >= 15 is 0 Å². The summed E-state index contributed by atoms with van der Waals surface area (Å²) in [6.45, 7) is 1.84. The lowest BCUT2D eigenvalue weighted by molar-refractivity contribution is -0.117. The zero-order valence-electron chi connectivity index (χ0n) is 15.1. The Morgan fingerprint density at radius 3 is 2.58 bits per heavy atom. The molecule has 0 saturated carbocycles. The first-order valence-electron chi connectivity index (χ1n) is 8.70. The quantitative estimate of drug-likeness (QED) is 0.812. The molecule has 3 rings (SSSR count). The molecule has 0 radical (unpaired) electrons. The molecule has 0 aromatic heterocycles. The predicted molar refractivity (Wildman–Crippen MR) is 102 cm³/mol. The van der Waals surface area contributed by atoms with Crippen LogP contribution in [-0.4, -0.2) is 44.7 Å². The summed E-state index contributed by atoms with van der Waals surface area (Å²) in [6, 6.07) is 15.6. The molecular formula is C21H24N2O3. The molecule has 0 bridgehead atoms. The fourth-order valence-electron chi connectivity index (χ4n) is 2.84. The molecule has 5 heteroatoms. The van der Waals surface area contributed by atoms with Crippen molar-refractivity contribution in [1.29, 1.82) is 0 Å². The van der Waals surface area contributed by atoms with Gasteiger partial charge in [-0.05, 0) is 43.4 Å². The van der Waals surface area contributed by atoms with Crippen molar-refractivity contribution in [3.05, 3.63) is 65.7 Å². The van der Waals surface area contributed by atoms with Crippen LogP contribution in [0.5, 0.6) is 11.5 Å². The predicted octanol–water partition coefficient (Wildman–Crippen LogP) is 2.89. The number of hydrogen-bond donors (Lipinski definition) is 1. The van der Waals surface area contributed by atoms with Crippen LogP contribution in [0.15, 0.2) is 54.6 Å². The average molecular weight is 352 g/mol. The van der Waals surface area contributed by atoms with E-state index in [0.717, 1.165) is 23.4 Å². The van der Waals surface area contributed by atoms with Crippen molar-refractivity contribution in [1.82, 2.24) is 10.2 Å². The van der Waals surface area contributed by atoms with Crippen LogP contribution in [-0.2, 0) is 4.79 Å². The Morgan fingerprint density at radius 1 is 1.12 bits per heavy atom. The second kappa shape index (κ2) is 8.54. The Kier molecular flexibility index (Phi) is 5.92. The van der Waals surface area contributed by atoms with E-state index in [1.54, 1.807) is 12.2 Å². The summed E-state index contributed by atoms with van der Waals surface area (Å²) in [5, 5.41) is 3.07. The van der Waals surface area contributed by atoms with Crippen molar-refractivity contribution in [3.63, 3.8) is 0 Å². The molecule has 1 aliphatic rings. The fourth-order valence-corrected chi connectivity index (χ4v) is 2.84. The van der Waals surface area contributed by atoms with Crippen LogP contribution in [0, 0.1) is 0 Å². The molecule has 1 amide bonds. The van der Waals surface area contributed by atoms with Crippen LogP contribution in [0.2, 0.25) is 0 Å². The van der Waals surface area contributed by atoms with E-state index in [9.17, 15) is 4.79 Å². The van der Waals surface area contributed by atoms with E-state index < -0.39 is 0 Å². The normalized spacial score (nSPS) is 14.4. The lowest BCUT2D eigenvalue weighted by Crippen LogP contribution is -2.34. The monoisotopic (exact) mass is 352 g/mol. The molecule has 0 fully saturated rings. The largest absolute Gasteiger partial charge is 0.486 e. The number of nitrogens with zero attached hydrogens (tertiary/aromatic N) is 1. The second-order valence-corrected chi connectivity index (χ2v) is 6.47.